The van der Waals surface area contributed by atoms with Crippen molar-refractivity contribution in [1.29, 1.82) is 0 Å². The highest BCUT2D eigenvalue weighted by atomic mass is 19.1. The number of hydrogen-bond acceptors (Lipinski definition) is 4. The van der Waals surface area contributed by atoms with Gasteiger partial charge < -0.3 is 10.6 Å². The number of rotatable bonds is 4. The number of nitrogens with zero attached hydrogens (tertiary/aromatic N) is 2. The minimum atomic E-state index is -0.268. The topological polar surface area (TPSA) is 49.8 Å². The quantitative estimate of drug-likeness (QED) is 0.633. The van der Waals surface area contributed by atoms with Gasteiger partial charge in [0, 0.05) is 23.1 Å². The molecule has 3 aromatic rings. The number of halogens is 1. The molecule has 26 heavy (non-hydrogen) atoms. The second kappa shape index (κ2) is 7.12. The molecule has 0 aliphatic rings. The molecule has 0 atom stereocenters. The zero-order valence-corrected chi connectivity index (χ0v) is 15.5. The third-order valence-corrected chi connectivity index (χ3v) is 3.98. The lowest BCUT2D eigenvalue weighted by molar-refractivity contribution is 0.590. The molecular weight excluding hydrogens is 327 g/mol. The van der Waals surface area contributed by atoms with E-state index in [1.165, 1.54) is 17.7 Å². The van der Waals surface area contributed by atoms with E-state index in [4.69, 9.17) is 0 Å². The van der Waals surface area contributed by atoms with Crippen LogP contribution in [0.1, 0.15) is 32.0 Å². The Labute approximate surface area is 153 Å². The number of nitrogens with one attached hydrogen (secondary N) is 2. The van der Waals surface area contributed by atoms with Crippen LogP contribution >= 0.6 is 0 Å². The van der Waals surface area contributed by atoms with Crippen molar-refractivity contribution in [2.75, 3.05) is 10.6 Å². The Hall–Kier alpha value is -2.95. The highest BCUT2D eigenvalue weighted by Gasteiger charge is 2.13. The van der Waals surface area contributed by atoms with Gasteiger partial charge in [0.05, 0.1) is 0 Å². The summed E-state index contributed by atoms with van der Waals surface area (Å²) < 4.78 is 13.0. The SMILES string of the molecule is Cc1cc(Nc2ccc(F)cc2)nc(Nc2ccc(C(C)(C)C)cc2)n1. The number of aryl methyl sites for hydroxylation is 1. The molecule has 0 fully saturated rings. The number of benzene rings is 2. The molecule has 4 nitrogen and oxygen atoms in total. The Morgan fingerprint density at radius 2 is 1.38 bits per heavy atom. The van der Waals surface area contributed by atoms with Gasteiger partial charge in [-0.2, -0.15) is 4.98 Å². The van der Waals surface area contributed by atoms with Gasteiger partial charge in [-0.1, -0.05) is 32.9 Å². The molecule has 1 aromatic heterocycles. The molecule has 2 N–H and O–H groups in total. The van der Waals surface area contributed by atoms with E-state index in [2.05, 4.69) is 53.5 Å². The van der Waals surface area contributed by atoms with E-state index < -0.39 is 0 Å². The average Bonchev–Trinajstić information content (AvgIpc) is 2.56. The van der Waals surface area contributed by atoms with Crippen LogP contribution in [-0.2, 0) is 5.41 Å². The molecule has 0 saturated heterocycles. The molecule has 0 aliphatic carbocycles. The number of anilines is 4. The second-order valence-electron chi connectivity index (χ2n) is 7.30. The highest BCUT2D eigenvalue weighted by Crippen LogP contribution is 2.25. The van der Waals surface area contributed by atoms with Crippen LogP contribution in [0, 0.1) is 12.7 Å². The molecule has 0 aliphatic heterocycles. The van der Waals surface area contributed by atoms with E-state index in [9.17, 15) is 4.39 Å². The number of aromatic nitrogens is 2. The smallest absolute Gasteiger partial charge is 0.229 e. The summed E-state index contributed by atoms with van der Waals surface area (Å²) in [5.41, 5.74) is 3.91. The van der Waals surface area contributed by atoms with Gasteiger partial charge in [0.25, 0.3) is 0 Å². The first-order valence-corrected chi connectivity index (χ1v) is 8.55. The third kappa shape index (κ3) is 4.57. The average molecular weight is 350 g/mol. The lowest BCUT2D eigenvalue weighted by atomic mass is 9.87. The fourth-order valence-electron chi connectivity index (χ4n) is 2.55. The molecular formula is C21H23FN4. The maximum absolute atomic E-state index is 13.0. The first-order valence-electron chi connectivity index (χ1n) is 8.55. The van der Waals surface area contributed by atoms with Gasteiger partial charge in [0.1, 0.15) is 11.6 Å². The lowest BCUT2D eigenvalue weighted by Gasteiger charge is -2.19. The fraction of sp³-hybridized carbons (Fsp3) is 0.238. The van der Waals surface area contributed by atoms with E-state index in [1.54, 1.807) is 12.1 Å². The molecule has 1 heterocycles. The van der Waals surface area contributed by atoms with Gasteiger partial charge in [-0.15, -0.1) is 0 Å². The first kappa shape index (κ1) is 17.9. The van der Waals surface area contributed by atoms with Gasteiger partial charge in [-0.05, 0) is 54.3 Å². The summed E-state index contributed by atoms with van der Waals surface area (Å²) in [6.45, 7) is 8.47. The molecule has 0 spiro atoms. The van der Waals surface area contributed by atoms with E-state index in [-0.39, 0.29) is 11.2 Å². The first-order chi connectivity index (χ1) is 12.3. The standard InChI is InChI=1S/C21H23FN4/c1-14-13-19(24-17-11-7-16(22)8-12-17)26-20(23-14)25-18-9-5-15(6-10-18)21(2,3)4/h5-13H,1-4H3,(H2,23,24,25,26). The zero-order valence-electron chi connectivity index (χ0n) is 15.5. The van der Waals surface area contributed by atoms with Crippen molar-refractivity contribution in [3.8, 4) is 0 Å². The molecule has 2 aromatic carbocycles. The molecule has 0 bridgehead atoms. The largest absolute Gasteiger partial charge is 0.340 e. The molecule has 0 amide bonds. The van der Waals surface area contributed by atoms with Crippen LogP contribution in [0.25, 0.3) is 0 Å². The van der Waals surface area contributed by atoms with Gasteiger partial charge in [0.2, 0.25) is 5.95 Å². The number of hydrogen-bond donors (Lipinski definition) is 2. The predicted octanol–water partition coefficient (Wildman–Crippen LogP) is 5.71. The monoisotopic (exact) mass is 350 g/mol. The van der Waals surface area contributed by atoms with E-state index in [0.29, 0.717) is 11.8 Å². The van der Waals surface area contributed by atoms with Crippen molar-refractivity contribution in [1.82, 2.24) is 9.97 Å². The summed E-state index contributed by atoms with van der Waals surface area (Å²) in [7, 11) is 0. The van der Waals surface area contributed by atoms with E-state index in [1.807, 2.05) is 25.1 Å². The Bertz CT molecular complexity index is 881. The van der Waals surface area contributed by atoms with Gasteiger partial charge >= 0.3 is 0 Å². The minimum absolute atomic E-state index is 0.116. The predicted molar refractivity (Wildman–Crippen MR) is 105 cm³/mol. The van der Waals surface area contributed by atoms with Crippen LogP contribution in [0.5, 0.6) is 0 Å². The third-order valence-electron chi connectivity index (χ3n) is 3.98. The molecule has 0 unspecified atom stereocenters. The highest BCUT2D eigenvalue weighted by molar-refractivity contribution is 5.60. The molecule has 134 valence electrons. The van der Waals surface area contributed by atoms with Crippen molar-refractivity contribution in [2.24, 2.45) is 0 Å². The van der Waals surface area contributed by atoms with Crippen LogP contribution in [0.3, 0.4) is 0 Å². The molecule has 0 radical (unpaired) electrons. The Balaban J connectivity index is 1.78. The minimum Gasteiger partial charge on any atom is -0.340 e. The Morgan fingerprint density at radius 1 is 0.808 bits per heavy atom. The molecule has 5 heteroatoms. The summed E-state index contributed by atoms with van der Waals surface area (Å²) in [4.78, 5) is 8.92. The fourth-order valence-corrected chi connectivity index (χ4v) is 2.55. The van der Waals surface area contributed by atoms with Crippen molar-refractivity contribution in [2.45, 2.75) is 33.1 Å². The van der Waals surface area contributed by atoms with Crippen LogP contribution in [0.4, 0.5) is 27.5 Å². The van der Waals surface area contributed by atoms with Gasteiger partial charge in [-0.25, -0.2) is 9.37 Å². The van der Waals surface area contributed by atoms with E-state index in [0.717, 1.165) is 17.1 Å². The normalized spacial score (nSPS) is 11.3. The Kier molecular flexibility index (Phi) is 4.89. The van der Waals surface area contributed by atoms with Crippen LogP contribution in [0.15, 0.2) is 54.6 Å². The lowest BCUT2D eigenvalue weighted by Crippen LogP contribution is -2.10. The van der Waals surface area contributed by atoms with E-state index >= 15 is 0 Å². The maximum atomic E-state index is 13.0. The summed E-state index contributed by atoms with van der Waals surface area (Å²) in [6, 6.07) is 16.3. The van der Waals surface area contributed by atoms with Crippen molar-refractivity contribution in [3.05, 3.63) is 71.7 Å². The summed E-state index contributed by atoms with van der Waals surface area (Å²) in [6.07, 6.45) is 0. The summed E-state index contributed by atoms with van der Waals surface area (Å²) in [5.74, 6) is 0.895. The van der Waals surface area contributed by atoms with Crippen LogP contribution in [0.2, 0.25) is 0 Å². The van der Waals surface area contributed by atoms with Crippen molar-refractivity contribution < 1.29 is 4.39 Å². The Morgan fingerprint density at radius 3 is 2.00 bits per heavy atom. The van der Waals surface area contributed by atoms with Gasteiger partial charge in [-0.3, -0.25) is 0 Å². The van der Waals surface area contributed by atoms with Crippen LogP contribution in [-0.4, -0.2) is 9.97 Å². The maximum Gasteiger partial charge on any atom is 0.229 e. The zero-order chi connectivity index (χ0) is 18.7. The van der Waals surface area contributed by atoms with Crippen LogP contribution < -0.4 is 10.6 Å². The van der Waals surface area contributed by atoms with Gasteiger partial charge in [0.15, 0.2) is 0 Å². The summed E-state index contributed by atoms with van der Waals surface area (Å²) >= 11 is 0. The molecule has 0 saturated carbocycles. The summed E-state index contributed by atoms with van der Waals surface area (Å²) in [5, 5.41) is 6.41. The molecule has 3 rings (SSSR count). The van der Waals surface area contributed by atoms with Crippen molar-refractivity contribution in [3.63, 3.8) is 0 Å². The van der Waals surface area contributed by atoms with Crippen molar-refractivity contribution >= 4 is 23.1 Å². The second-order valence-corrected chi connectivity index (χ2v) is 7.30.